The van der Waals surface area contributed by atoms with Gasteiger partial charge in [0.25, 0.3) is 0 Å². The first kappa shape index (κ1) is 13.3. The minimum Gasteiger partial charge on any atom is -0.487 e. The molecule has 104 valence electrons. The first-order chi connectivity index (χ1) is 8.81. The number of fused-ring (bicyclic) bond motifs is 1. The largest absolute Gasteiger partial charge is 0.487 e. The van der Waals surface area contributed by atoms with E-state index in [4.69, 9.17) is 22.1 Å². The van der Waals surface area contributed by atoms with E-state index in [1.165, 1.54) is 6.42 Å². The molecule has 1 saturated carbocycles. The number of rotatable bonds is 0. The van der Waals surface area contributed by atoms with E-state index in [-0.39, 0.29) is 11.6 Å². The summed E-state index contributed by atoms with van der Waals surface area (Å²) in [6, 6.07) is 5.82. The van der Waals surface area contributed by atoms with E-state index >= 15 is 0 Å². The van der Waals surface area contributed by atoms with Gasteiger partial charge in [0.1, 0.15) is 11.4 Å². The monoisotopic (exact) mass is 279 g/mol. The summed E-state index contributed by atoms with van der Waals surface area (Å²) < 4.78 is 6.42. The Morgan fingerprint density at radius 1 is 1.32 bits per heavy atom. The van der Waals surface area contributed by atoms with Gasteiger partial charge in [0.05, 0.1) is 0 Å². The highest BCUT2D eigenvalue weighted by Gasteiger charge is 2.53. The molecule has 3 atom stereocenters. The summed E-state index contributed by atoms with van der Waals surface area (Å²) in [6.07, 6.45) is 3.17. The maximum atomic E-state index is 6.42. The van der Waals surface area contributed by atoms with Crippen LogP contribution < -0.4 is 10.5 Å². The number of halogens is 1. The van der Waals surface area contributed by atoms with Crippen molar-refractivity contribution in [2.45, 2.75) is 51.7 Å². The number of hydrogen-bond donors (Lipinski definition) is 1. The zero-order chi connectivity index (χ0) is 13.8. The summed E-state index contributed by atoms with van der Waals surface area (Å²) in [5.41, 5.74) is 7.68. The molecule has 1 spiro atoms. The van der Waals surface area contributed by atoms with Crippen LogP contribution in [0.3, 0.4) is 0 Å². The highest BCUT2D eigenvalue weighted by atomic mass is 35.5. The maximum Gasteiger partial charge on any atom is 0.125 e. The van der Waals surface area contributed by atoms with Crippen LogP contribution in [0.5, 0.6) is 5.75 Å². The minimum atomic E-state index is -0.0935. The molecule has 3 rings (SSSR count). The molecule has 1 aromatic carbocycles. The van der Waals surface area contributed by atoms with Crippen LogP contribution in [-0.4, -0.2) is 5.60 Å². The molecular formula is C16H22ClNO. The fraction of sp³-hybridized carbons (Fsp3) is 0.625. The third kappa shape index (κ3) is 2.15. The summed E-state index contributed by atoms with van der Waals surface area (Å²) in [7, 11) is 0. The third-order valence-corrected chi connectivity index (χ3v) is 5.02. The van der Waals surface area contributed by atoms with E-state index in [9.17, 15) is 0 Å². The topological polar surface area (TPSA) is 35.2 Å². The van der Waals surface area contributed by atoms with Gasteiger partial charge in [0.15, 0.2) is 0 Å². The molecule has 19 heavy (non-hydrogen) atoms. The normalized spacial score (nSPS) is 36.1. The lowest BCUT2D eigenvalue weighted by molar-refractivity contribution is 0.00184. The van der Waals surface area contributed by atoms with E-state index in [0.29, 0.717) is 11.3 Å². The molecule has 1 aliphatic carbocycles. The molecule has 0 bridgehead atoms. The summed E-state index contributed by atoms with van der Waals surface area (Å²) in [4.78, 5) is 0. The molecule has 0 aromatic heterocycles. The number of benzene rings is 1. The van der Waals surface area contributed by atoms with Crippen molar-refractivity contribution in [1.29, 1.82) is 0 Å². The fourth-order valence-electron chi connectivity index (χ4n) is 4.13. The van der Waals surface area contributed by atoms with Crippen LogP contribution in [0, 0.1) is 11.3 Å². The van der Waals surface area contributed by atoms with Crippen molar-refractivity contribution >= 4 is 11.6 Å². The zero-order valence-electron chi connectivity index (χ0n) is 11.9. The van der Waals surface area contributed by atoms with Gasteiger partial charge in [0.2, 0.25) is 0 Å². The van der Waals surface area contributed by atoms with Crippen molar-refractivity contribution < 1.29 is 4.74 Å². The molecule has 3 heteroatoms. The van der Waals surface area contributed by atoms with Crippen molar-refractivity contribution in [3.05, 3.63) is 28.8 Å². The third-order valence-electron chi connectivity index (χ3n) is 4.78. The molecule has 2 nitrogen and oxygen atoms in total. The number of hydrogen-bond acceptors (Lipinski definition) is 2. The van der Waals surface area contributed by atoms with Crippen molar-refractivity contribution in [3.8, 4) is 5.75 Å². The van der Waals surface area contributed by atoms with Crippen molar-refractivity contribution in [2.75, 3.05) is 0 Å². The molecule has 0 radical (unpaired) electrons. The summed E-state index contributed by atoms with van der Waals surface area (Å²) in [5, 5.41) is 0.730. The Hall–Kier alpha value is -0.730. The highest BCUT2D eigenvalue weighted by molar-refractivity contribution is 6.30. The van der Waals surface area contributed by atoms with E-state index in [2.05, 4.69) is 20.8 Å². The molecule has 1 aromatic rings. The van der Waals surface area contributed by atoms with E-state index in [0.717, 1.165) is 29.2 Å². The SMILES string of the molecule is CC1CC(C)(C)CC12CC(N)c1cc(Cl)ccc1O2. The second kappa shape index (κ2) is 4.13. The number of nitrogens with two attached hydrogens (primary N) is 1. The van der Waals surface area contributed by atoms with Crippen LogP contribution in [0.4, 0.5) is 0 Å². The molecule has 3 unspecified atom stereocenters. The Labute approximate surface area is 120 Å². The van der Waals surface area contributed by atoms with Gasteiger partial charge in [-0.05, 0) is 42.4 Å². The van der Waals surface area contributed by atoms with Crippen LogP contribution >= 0.6 is 11.6 Å². The van der Waals surface area contributed by atoms with Crippen molar-refractivity contribution in [3.63, 3.8) is 0 Å². The minimum absolute atomic E-state index is 0.0267. The first-order valence-corrected chi connectivity index (χ1v) is 7.43. The smallest absolute Gasteiger partial charge is 0.125 e. The molecule has 2 aliphatic rings. The van der Waals surface area contributed by atoms with Gasteiger partial charge in [-0.15, -0.1) is 0 Å². The first-order valence-electron chi connectivity index (χ1n) is 7.05. The lowest BCUT2D eigenvalue weighted by Gasteiger charge is -2.42. The Morgan fingerprint density at radius 3 is 2.68 bits per heavy atom. The van der Waals surface area contributed by atoms with Gasteiger partial charge in [0, 0.05) is 23.0 Å². The molecule has 0 amide bonds. The fourth-order valence-corrected chi connectivity index (χ4v) is 4.31. The van der Waals surface area contributed by atoms with Crippen LogP contribution in [0.1, 0.15) is 51.6 Å². The second-order valence-electron chi connectivity index (χ2n) is 7.11. The zero-order valence-corrected chi connectivity index (χ0v) is 12.6. The van der Waals surface area contributed by atoms with Crippen LogP contribution in [0.25, 0.3) is 0 Å². The lowest BCUT2D eigenvalue weighted by Crippen LogP contribution is -2.45. The Morgan fingerprint density at radius 2 is 2.05 bits per heavy atom. The average Bonchev–Trinajstić information content (AvgIpc) is 2.49. The molecular weight excluding hydrogens is 258 g/mol. The van der Waals surface area contributed by atoms with E-state index < -0.39 is 0 Å². The average molecular weight is 280 g/mol. The summed E-state index contributed by atoms with van der Waals surface area (Å²) in [6.45, 7) is 6.94. The Kier molecular flexibility index (Phi) is 2.88. The van der Waals surface area contributed by atoms with Crippen LogP contribution in [0.15, 0.2) is 18.2 Å². The van der Waals surface area contributed by atoms with Gasteiger partial charge in [-0.25, -0.2) is 0 Å². The second-order valence-corrected chi connectivity index (χ2v) is 7.54. The van der Waals surface area contributed by atoms with E-state index in [1.807, 2.05) is 18.2 Å². The molecule has 1 aliphatic heterocycles. The Balaban J connectivity index is 1.99. The molecule has 1 heterocycles. The molecule has 1 fully saturated rings. The predicted molar refractivity (Wildman–Crippen MR) is 78.5 cm³/mol. The van der Waals surface area contributed by atoms with Gasteiger partial charge in [-0.2, -0.15) is 0 Å². The van der Waals surface area contributed by atoms with Crippen LogP contribution in [-0.2, 0) is 0 Å². The Bertz CT molecular complexity index is 513. The van der Waals surface area contributed by atoms with Gasteiger partial charge in [-0.3, -0.25) is 0 Å². The van der Waals surface area contributed by atoms with Crippen LogP contribution in [0.2, 0.25) is 5.02 Å². The maximum absolute atomic E-state index is 6.42. The quantitative estimate of drug-likeness (QED) is 0.768. The predicted octanol–water partition coefficient (Wildman–Crippen LogP) is 4.32. The summed E-state index contributed by atoms with van der Waals surface area (Å²) >= 11 is 6.06. The molecule has 0 saturated heterocycles. The van der Waals surface area contributed by atoms with Crippen molar-refractivity contribution in [2.24, 2.45) is 17.1 Å². The van der Waals surface area contributed by atoms with Gasteiger partial charge in [-0.1, -0.05) is 32.4 Å². The highest BCUT2D eigenvalue weighted by Crippen LogP contribution is 2.55. The van der Waals surface area contributed by atoms with Gasteiger partial charge < -0.3 is 10.5 Å². The molecule has 2 N–H and O–H groups in total. The van der Waals surface area contributed by atoms with Crippen molar-refractivity contribution in [1.82, 2.24) is 0 Å². The standard InChI is InChI=1S/C16H22ClNO/c1-10-7-15(2,3)9-16(10)8-13(18)12-6-11(17)4-5-14(12)19-16/h4-6,10,13H,7-9,18H2,1-3H3. The lowest BCUT2D eigenvalue weighted by atomic mass is 9.80. The summed E-state index contributed by atoms with van der Waals surface area (Å²) in [5.74, 6) is 1.46. The van der Waals surface area contributed by atoms with Gasteiger partial charge >= 0.3 is 0 Å². The number of ether oxygens (including phenoxy) is 1. The van der Waals surface area contributed by atoms with E-state index in [1.54, 1.807) is 0 Å².